The number of anilines is 1. The minimum atomic E-state index is 0.952. The largest absolute Gasteiger partial charge is 0.398 e. The molecule has 0 saturated carbocycles. The zero-order chi connectivity index (χ0) is 14.1. The summed E-state index contributed by atoms with van der Waals surface area (Å²) in [6.07, 6.45) is 1.06. The van der Waals surface area contributed by atoms with E-state index in [2.05, 4.69) is 49.1 Å². The van der Waals surface area contributed by atoms with Crippen molar-refractivity contribution in [1.29, 1.82) is 0 Å². The number of nitrogen functional groups attached to an aromatic ring is 1. The lowest BCUT2D eigenvalue weighted by atomic mass is 9.97. The van der Waals surface area contributed by atoms with Gasteiger partial charge in [0.2, 0.25) is 0 Å². The second-order valence-corrected chi connectivity index (χ2v) is 5.88. The van der Waals surface area contributed by atoms with E-state index in [4.69, 9.17) is 5.73 Å². The first-order chi connectivity index (χ1) is 9.63. The first kappa shape index (κ1) is 13.2. The van der Waals surface area contributed by atoms with Gasteiger partial charge in [-0.2, -0.15) is 0 Å². The molecule has 0 aromatic heterocycles. The molecule has 0 saturated heterocycles. The number of hydrogen-bond donors (Lipinski definition) is 1. The van der Waals surface area contributed by atoms with Crippen molar-refractivity contribution in [2.75, 3.05) is 12.3 Å². The number of hydrogen-bond acceptors (Lipinski definition) is 2. The average molecular weight is 266 g/mol. The highest BCUT2D eigenvalue weighted by Gasteiger charge is 2.18. The standard InChI is InChI=1S/C18H22N2/c1-13-6-7-15(14(2)10-13)11-20-9-8-17-16(12-20)4-3-5-18(17)19/h3-7,10H,8-9,11-12,19H2,1-2H3. The SMILES string of the molecule is Cc1ccc(CN2CCc3c(N)cccc3C2)c(C)c1. The van der Waals surface area contributed by atoms with Crippen LogP contribution in [-0.4, -0.2) is 11.4 Å². The molecule has 0 aliphatic carbocycles. The van der Waals surface area contributed by atoms with Gasteiger partial charge in [0.15, 0.2) is 0 Å². The van der Waals surface area contributed by atoms with Crippen LogP contribution in [0.2, 0.25) is 0 Å². The molecule has 0 atom stereocenters. The molecule has 20 heavy (non-hydrogen) atoms. The Morgan fingerprint density at radius 1 is 1.15 bits per heavy atom. The summed E-state index contributed by atoms with van der Waals surface area (Å²) in [4.78, 5) is 2.51. The van der Waals surface area contributed by atoms with Gasteiger partial charge in [-0.05, 0) is 48.6 Å². The van der Waals surface area contributed by atoms with Gasteiger partial charge in [0.25, 0.3) is 0 Å². The molecule has 3 rings (SSSR count). The predicted molar refractivity (Wildman–Crippen MR) is 84.6 cm³/mol. The van der Waals surface area contributed by atoms with Crippen LogP contribution in [-0.2, 0) is 19.5 Å². The van der Waals surface area contributed by atoms with Crippen molar-refractivity contribution in [2.45, 2.75) is 33.4 Å². The zero-order valence-corrected chi connectivity index (χ0v) is 12.3. The second-order valence-electron chi connectivity index (χ2n) is 5.88. The molecule has 1 heterocycles. The minimum absolute atomic E-state index is 0.952. The maximum Gasteiger partial charge on any atom is 0.0350 e. The monoisotopic (exact) mass is 266 g/mol. The van der Waals surface area contributed by atoms with E-state index in [1.165, 1.54) is 27.8 Å². The van der Waals surface area contributed by atoms with Crippen LogP contribution in [0.15, 0.2) is 36.4 Å². The molecule has 1 aliphatic rings. The van der Waals surface area contributed by atoms with Gasteiger partial charge in [0.1, 0.15) is 0 Å². The van der Waals surface area contributed by atoms with Crippen LogP contribution in [0.4, 0.5) is 5.69 Å². The Labute approximate surface area is 121 Å². The molecule has 2 aromatic carbocycles. The van der Waals surface area contributed by atoms with Gasteiger partial charge >= 0.3 is 0 Å². The highest BCUT2D eigenvalue weighted by molar-refractivity contribution is 5.51. The van der Waals surface area contributed by atoms with Gasteiger partial charge in [-0.1, -0.05) is 35.9 Å². The Hall–Kier alpha value is -1.80. The highest BCUT2D eigenvalue weighted by atomic mass is 15.1. The van der Waals surface area contributed by atoms with Gasteiger partial charge in [0.05, 0.1) is 0 Å². The van der Waals surface area contributed by atoms with Crippen molar-refractivity contribution in [2.24, 2.45) is 0 Å². The van der Waals surface area contributed by atoms with Gasteiger partial charge < -0.3 is 5.73 Å². The number of rotatable bonds is 2. The summed E-state index contributed by atoms with van der Waals surface area (Å²) in [6.45, 7) is 7.48. The van der Waals surface area contributed by atoms with Crippen molar-refractivity contribution in [1.82, 2.24) is 4.90 Å². The average Bonchev–Trinajstić information content (AvgIpc) is 2.42. The van der Waals surface area contributed by atoms with Crippen LogP contribution in [0.3, 0.4) is 0 Å². The van der Waals surface area contributed by atoms with E-state index in [1.807, 2.05) is 6.07 Å². The summed E-state index contributed by atoms with van der Waals surface area (Å²) in [5, 5.41) is 0. The van der Waals surface area contributed by atoms with Crippen molar-refractivity contribution >= 4 is 5.69 Å². The molecule has 0 fully saturated rings. The van der Waals surface area contributed by atoms with Crippen LogP contribution < -0.4 is 5.73 Å². The van der Waals surface area contributed by atoms with Gasteiger partial charge in [-0.15, -0.1) is 0 Å². The lowest BCUT2D eigenvalue weighted by Gasteiger charge is -2.30. The molecule has 0 amide bonds. The van der Waals surface area contributed by atoms with Crippen molar-refractivity contribution in [3.05, 3.63) is 64.2 Å². The fourth-order valence-electron chi connectivity index (χ4n) is 3.10. The summed E-state index contributed by atoms with van der Waals surface area (Å²) in [7, 11) is 0. The molecular formula is C18H22N2. The van der Waals surface area contributed by atoms with E-state index in [0.717, 1.165) is 31.7 Å². The van der Waals surface area contributed by atoms with E-state index in [1.54, 1.807) is 0 Å². The van der Waals surface area contributed by atoms with E-state index in [9.17, 15) is 0 Å². The fourth-order valence-corrected chi connectivity index (χ4v) is 3.10. The van der Waals surface area contributed by atoms with Crippen molar-refractivity contribution in [3.63, 3.8) is 0 Å². The molecule has 1 aliphatic heterocycles. The Kier molecular flexibility index (Phi) is 3.49. The summed E-state index contributed by atoms with van der Waals surface area (Å²) in [5.74, 6) is 0. The number of fused-ring (bicyclic) bond motifs is 1. The first-order valence-corrected chi connectivity index (χ1v) is 7.28. The van der Waals surface area contributed by atoms with E-state index in [-0.39, 0.29) is 0 Å². The second kappa shape index (κ2) is 5.29. The van der Waals surface area contributed by atoms with Gasteiger partial charge in [-0.25, -0.2) is 0 Å². The summed E-state index contributed by atoms with van der Waals surface area (Å²) < 4.78 is 0. The van der Waals surface area contributed by atoms with Crippen molar-refractivity contribution in [3.8, 4) is 0 Å². The van der Waals surface area contributed by atoms with Crippen LogP contribution in [0.5, 0.6) is 0 Å². The molecule has 0 spiro atoms. The number of benzene rings is 2. The fraction of sp³-hybridized carbons (Fsp3) is 0.333. The Morgan fingerprint density at radius 3 is 2.80 bits per heavy atom. The summed E-state index contributed by atoms with van der Waals surface area (Å²) in [6, 6.07) is 13.0. The smallest absolute Gasteiger partial charge is 0.0350 e. The third-order valence-corrected chi connectivity index (χ3v) is 4.27. The molecular weight excluding hydrogens is 244 g/mol. The quantitative estimate of drug-likeness (QED) is 0.844. The van der Waals surface area contributed by atoms with Gasteiger partial charge in [-0.3, -0.25) is 4.90 Å². The van der Waals surface area contributed by atoms with Crippen LogP contribution in [0, 0.1) is 13.8 Å². The number of nitrogens with zero attached hydrogens (tertiary/aromatic N) is 1. The third-order valence-electron chi connectivity index (χ3n) is 4.27. The Morgan fingerprint density at radius 2 is 2.00 bits per heavy atom. The third kappa shape index (κ3) is 2.56. The number of nitrogens with two attached hydrogens (primary N) is 1. The molecule has 0 radical (unpaired) electrons. The predicted octanol–water partition coefficient (Wildman–Crippen LogP) is 3.44. The molecule has 2 heteroatoms. The van der Waals surface area contributed by atoms with Crippen LogP contribution >= 0.6 is 0 Å². The maximum absolute atomic E-state index is 6.06. The Bertz CT molecular complexity index is 631. The zero-order valence-electron chi connectivity index (χ0n) is 12.3. The molecule has 2 aromatic rings. The van der Waals surface area contributed by atoms with Crippen LogP contribution in [0.1, 0.15) is 27.8 Å². The van der Waals surface area contributed by atoms with E-state index >= 15 is 0 Å². The lowest BCUT2D eigenvalue weighted by Crippen LogP contribution is -2.30. The first-order valence-electron chi connectivity index (χ1n) is 7.28. The molecule has 0 unspecified atom stereocenters. The summed E-state index contributed by atoms with van der Waals surface area (Å²) in [5.41, 5.74) is 13.9. The Balaban J connectivity index is 1.77. The normalized spacial score (nSPS) is 15.1. The van der Waals surface area contributed by atoms with E-state index < -0.39 is 0 Å². The van der Waals surface area contributed by atoms with Crippen LogP contribution in [0.25, 0.3) is 0 Å². The molecule has 2 nitrogen and oxygen atoms in total. The topological polar surface area (TPSA) is 29.3 Å². The minimum Gasteiger partial charge on any atom is -0.398 e. The number of aryl methyl sites for hydroxylation is 2. The molecule has 0 bridgehead atoms. The van der Waals surface area contributed by atoms with Gasteiger partial charge in [0, 0.05) is 25.3 Å². The highest BCUT2D eigenvalue weighted by Crippen LogP contribution is 2.25. The summed E-state index contributed by atoms with van der Waals surface area (Å²) >= 11 is 0. The molecule has 104 valence electrons. The van der Waals surface area contributed by atoms with Crippen molar-refractivity contribution < 1.29 is 0 Å². The lowest BCUT2D eigenvalue weighted by molar-refractivity contribution is 0.245. The molecule has 2 N–H and O–H groups in total. The maximum atomic E-state index is 6.06. The van der Waals surface area contributed by atoms with E-state index in [0.29, 0.717) is 0 Å².